The smallest absolute Gasteiger partial charge is 0.296 e. The molecule has 0 aromatic carbocycles. The van der Waals surface area contributed by atoms with Crippen LogP contribution >= 0.6 is 0 Å². The van der Waals surface area contributed by atoms with Crippen molar-refractivity contribution in [2.75, 3.05) is 0 Å². The van der Waals surface area contributed by atoms with Gasteiger partial charge >= 0.3 is 0 Å². The number of pyridine rings is 1. The molecule has 11 heavy (non-hydrogen) atoms. The van der Waals surface area contributed by atoms with Crippen LogP contribution in [0.25, 0.3) is 0 Å². The van der Waals surface area contributed by atoms with Gasteiger partial charge in [0.2, 0.25) is 0 Å². The first-order valence-electron chi connectivity index (χ1n) is 2.48. The second-order valence-electron chi connectivity index (χ2n) is 1.66. The molecule has 0 atom stereocenters. The first-order chi connectivity index (χ1) is 4.61. The van der Waals surface area contributed by atoms with Gasteiger partial charge in [0.1, 0.15) is 4.90 Å². The summed E-state index contributed by atoms with van der Waals surface area (Å²) in [4.78, 5) is 3.33. The van der Waals surface area contributed by atoms with Gasteiger partial charge in [-0.05, 0) is 12.1 Å². The number of hydrogen-bond donors (Lipinski definition) is 2. The van der Waals surface area contributed by atoms with E-state index in [2.05, 4.69) is 4.98 Å². The molecular formula is C5H8N2O3S. The van der Waals surface area contributed by atoms with Crippen LogP contribution in [-0.2, 0) is 10.1 Å². The summed E-state index contributed by atoms with van der Waals surface area (Å²) < 4.78 is 29.1. The first kappa shape index (κ1) is 10.0. The summed E-state index contributed by atoms with van der Waals surface area (Å²) in [7, 11) is -4.07. The molecule has 4 N–H and O–H groups in total. The summed E-state index contributed by atoms with van der Waals surface area (Å²) in [5.41, 5.74) is 0. The zero-order chi connectivity index (χ0) is 7.61. The van der Waals surface area contributed by atoms with Gasteiger partial charge < -0.3 is 6.15 Å². The summed E-state index contributed by atoms with van der Waals surface area (Å²) in [5.74, 6) is 0. The highest BCUT2D eigenvalue weighted by molar-refractivity contribution is 7.85. The molecule has 0 aliphatic heterocycles. The normalized spacial score (nSPS) is 10.3. The Morgan fingerprint density at radius 1 is 1.45 bits per heavy atom. The van der Waals surface area contributed by atoms with Gasteiger partial charge in [0.05, 0.1) is 0 Å². The third-order valence-corrected chi connectivity index (χ3v) is 1.77. The Kier molecular flexibility index (Phi) is 3.12. The van der Waals surface area contributed by atoms with E-state index in [0.29, 0.717) is 0 Å². The summed E-state index contributed by atoms with van der Waals surface area (Å²) >= 11 is 0. The standard InChI is InChI=1S/C5H5NO3S.H3N/c7-10(8,9)5-2-1-3-6-4-5;/h1-4H,(H,7,8,9);1H3. The minimum absolute atomic E-state index is 0. The van der Waals surface area contributed by atoms with Crippen molar-refractivity contribution < 1.29 is 13.0 Å². The molecule has 1 aromatic rings. The van der Waals surface area contributed by atoms with Crippen molar-refractivity contribution in [2.24, 2.45) is 0 Å². The summed E-state index contributed by atoms with van der Waals surface area (Å²) in [6.45, 7) is 0. The fraction of sp³-hybridized carbons (Fsp3) is 0. The molecule has 1 rings (SSSR count). The van der Waals surface area contributed by atoms with Crippen molar-refractivity contribution in [2.45, 2.75) is 4.90 Å². The molecule has 0 bridgehead atoms. The lowest BCUT2D eigenvalue weighted by atomic mass is 10.5. The first-order valence-corrected chi connectivity index (χ1v) is 3.92. The molecule has 0 fully saturated rings. The van der Waals surface area contributed by atoms with Gasteiger partial charge in [0.25, 0.3) is 10.1 Å². The lowest BCUT2D eigenvalue weighted by molar-refractivity contribution is 0.483. The molecule has 6 heteroatoms. The predicted octanol–water partition coefficient (Wildman–Crippen LogP) is 0.490. The fourth-order valence-electron chi connectivity index (χ4n) is 0.500. The van der Waals surface area contributed by atoms with Crippen LogP contribution in [0.1, 0.15) is 0 Å². The molecule has 0 saturated heterocycles. The molecule has 0 amide bonds. The zero-order valence-electron chi connectivity index (χ0n) is 5.64. The summed E-state index contributed by atoms with van der Waals surface area (Å²) in [6, 6.07) is 2.70. The van der Waals surface area contributed by atoms with E-state index < -0.39 is 10.1 Å². The molecular weight excluding hydrogens is 168 g/mol. The van der Waals surface area contributed by atoms with Crippen LogP contribution in [0.4, 0.5) is 0 Å². The highest BCUT2D eigenvalue weighted by atomic mass is 32.2. The largest absolute Gasteiger partial charge is 0.344 e. The lowest BCUT2D eigenvalue weighted by Crippen LogP contribution is -1.97. The molecule has 0 aliphatic rings. The van der Waals surface area contributed by atoms with Crippen molar-refractivity contribution in [1.82, 2.24) is 11.1 Å². The van der Waals surface area contributed by atoms with Crippen molar-refractivity contribution >= 4 is 10.1 Å². The van der Waals surface area contributed by atoms with Crippen LogP contribution in [0.15, 0.2) is 29.4 Å². The summed E-state index contributed by atoms with van der Waals surface area (Å²) in [5, 5.41) is 0. The zero-order valence-corrected chi connectivity index (χ0v) is 6.45. The Labute approximate surface area is 64.4 Å². The monoisotopic (exact) mass is 176 g/mol. The van der Waals surface area contributed by atoms with Crippen LogP contribution < -0.4 is 6.15 Å². The van der Waals surface area contributed by atoms with Crippen molar-refractivity contribution in [3.05, 3.63) is 24.5 Å². The summed E-state index contributed by atoms with van der Waals surface area (Å²) in [6.07, 6.45) is 2.50. The van der Waals surface area contributed by atoms with E-state index in [1.165, 1.54) is 18.3 Å². The van der Waals surface area contributed by atoms with E-state index in [1.54, 1.807) is 0 Å². The van der Waals surface area contributed by atoms with Gasteiger partial charge in [-0.15, -0.1) is 0 Å². The SMILES string of the molecule is N.O=S(=O)(O)c1cccnc1. The van der Waals surface area contributed by atoms with Gasteiger partial charge in [-0.2, -0.15) is 8.42 Å². The van der Waals surface area contributed by atoms with E-state index in [0.717, 1.165) is 6.20 Å². The van der Waals surface area contributed by atoms with Crippen LogP contribution in [0.5, 0.6) is 0 Å². The predicted molar refractivity (Wildman–Crippen MR) is 39.1 cm³/mol. The Balaban J connectivity index is 0.000001000. The van der Waals surface area contributed by atoms with E-state index in [4.69, 9.17) is 4.55 Å². The van der Waals surface area contributed by atoms with Crippen molar-refractivity contribution in [1.29, 1.82) is 0 Å². The van der Waals surface area contributed by atoms with E-state index in [-0.39, 0.29) is 11.0 Å². The highest BCUT2D eigenvalue weighted by Gasteiger charge is 2.06. The van der Waals surface area contributed by atoms with Crippen LogP contribution in [-0.4, -0.2) is 18.0 Å². The Hall–Kier alpha value is -0.980. The number of nitrogens with zero attached hydrogens (tertiary/aromatic N) is 1. The minimum Gasteiger partial charge on any atom is -0.344 e. The van der Waals surface area contributed by atoms with Crippen LogP contribution in [0, 0.1) is 0 Å². The number of aromatic nitrogens is 1. The van der Waals surface area contributed by atoms with Gasteiger partial charge in [0.15, 0.2) is 0 Å². The van der Waals surface area contributed by atoms with E-state index >= 15 is 0 Å². The lowest BCUT2D eigenvalue weighted by Gasteiger charge is -1.91. The molecule has 5 nitrogen and oxygen atoms in total. The maximum Gasteiger partial charge on any atom is 0.296 e. The average Bonchev–Trinajstić information content (AvgIpc) is 1.88. The molecule has 0 saturated carbocycles. The number of hydrogen-bond acceptors (Lipinski definition) is 4. The van der Waals surface area contributed by atoms with Gasteiger partial charge in [-0.1, -0.05) is 0 Å². The molecule has 1 heterocycles. The van der Waals surface area contributed by atoms with Gasteiger partial charge in [0, 0.05) is 12.4 Å². The van der Waals surface area contributed by atoms with Crippen LogP contribution in [0.2, 0.25) is 0 Å². The molecule has 62 valence electrons. The van der Waals surface area contributed by atoms with E-state index in [1.807, 2.05) is 0 Å². The quantitative estimate of drug-likeness (QED) is 0.606. The topological polar surface area (TPSA) is 102 Å². The highest BCUT2D eigenvalue weighted by Crippen LogP contribution is 2.03. The Morgan fingerprint density at radius 3 is 2.36 bits per heavy atom. The average molecular weight is 176 g/mol. The molecule has 0 aliphatic carbocycles. The fourth-order valence-corrected chi connectivity index (χ4v) is 0.944. The van der Waals surface area contributed by atoms with Crippen molar-refractivity contribution in [3.8, 4) is 0 Å². The van der Waals surface area contributed by atoms with Crippen molar-refractivity contribution in [3.63, 3.8) is 0 Å². The van der Waals surface area contributed by atoms with Crippen LogP contribution in [0.3, 0.4) is 0 Å². The minimum atomic E-state index is -4.07. The maximum atomic E-state index is 10.3. The Bertz CT molecular complexity index is 308. The number of rotatable bonds is 1. The third-order valence-electron chi connectivity index (χ3n) is 0.932. The second kappa shape index (κ2) is 3.42. The molecule has 0 spiro atoms. The molecule has 0 unspecified atom stereocenters. The molecule has 0 radical (unpaired) electrons. The second-order valence-corrected chi connectivity index (χ2v) is 3.09. The van der Waals surface area contributed by atoms with E-state index in [9.17, 15) is 8.42 Å². The third kappa shape index (κ3) is 2.62. The molecule has 1 aromatic heterocycles. The van der Waals surface area contributed by atoms with Gasteiger partial charge in [-0.3, -0.25) is 9.54 Å². The van der Waals surface area contributed by atoms with Gasteiger partial charge in [-0.25, -0.2) is 0 Å². The Morgan fingerprint density at radius 2 is 2.09 bits per heavy atom. The maximum absolute atomic E-state index is 10.3.